The summed E-state index contributed by atoms with van der Waals surface area (Å²) < 4.78 is 40.6. The molecule has 0 radical (unpaired) electrons. The van der Waals surface area contributed by atoms with Crippen molar-refractivity contribution < 1.29 is 17.7 Å². The van der Waals surface area contributed by atoms with Crippen molar-refractivity contribution in [1.82, 2.24) is 4.31 Å². The molecule has 2 aromatic carbocycles. The molecule has 0 spiro atoms. The van der Waals surface area contributed by atoms with Crippen molar-refractivity contribution in [3.8, 4) is 6.07 Å². The van der Waals surface area contributed by atoms with Crippen LogP contribution in [0.3, 0.4) is 0 Å². The number of quaternary nitrogens is 1. The topological polar surface area (TPSA) is 65.6 Å². The van der Waals surface area contributed by atoms with Crippen LogP contribution in [0.4, 0.5) is 4.39 Å². The fourth-order valence-corrected chi connectivity index (χ4v) is 4.67. The average Bonchev–Trinajstić information content (AvgIpc) is 2.62. The van der Waals surface area contributed by atoms with Gasteiger partial charge in [0, 0.05) is 10.6 Å². The number of nitriles is 1. The normalized spacial score (nSPS) is 16.3. The number of nitrogens with zero attached hydrogens (tertiary/aromatic N) is 2. The summed E-state index contributed by atoms with van der Waals surface area (Å²) in [5.41, 5.74) is 1.71. The highest BCUT2D eigenvalue weighted by atomic mass is 35.5. The molecular weight excluding hydrogens is 377 g/mol. The Bertz CT molecular complexity index is 934. The number of halogens is 2. The highest BCUT2D eigenvalue weighted by Crippen LogP contribution is 2.22. The molecule has 0 atom stereocenters. The van der Waals surface area contributed by atoms with E-state index in [1.165, 1.54) is 21.3 Å². The minimum atomic E-state index is -3.86. The summed E-state index contributed by atoms with van der Waals surface area (Å²) in [6.07, 6.45) is 0. The lowest BCUT2D eigenvalue weighted by Gasteiger charge is -2.31. The zero-order valence-corrected chi connectivity index (χ0v) is 15.5. The Morgan fingerprint density at radius 1 is 1.15 bits per heavy atom. The molecule has 0 saturated carbocycles. The maximum absolute atomic E-state index is 14.0. The van der Waals surface area contributed by atoms with Crippen LogP contribution in [0.25, 0.3) is 0 Å². The molecule has 26 heavy (non-hydrogen) atoms. The minimum absolute atomic E-state index is 0.165. The van der Waals surface area contributed by atoms with E-state index in [0.29, 0.717) is 31.7 Å². The lowest BCUT2D eigenvalue weighted by molar-refractivity contribution is -0.917. The molecule has 1 fully saturated rings. The van der Waals surface area contributed by atoms with Gasteiger partial charge in [-0.15, -0.1) is 0 Å². The first-order valence-corrected chi connectivity index (χ1v) is 10.00. The Labute approximate surface area is 157 Å². The van der Waals surface area contributed by atoms with Gasteiger partial charge < -0.3 is 4.90 Å². The van der Waals surface area contributed by atoms with Gasteiger partial charge in [-0.05, 0) is 30.3 Å². The summed E-state index contributed by atoms with van der Waals surface area (Å²) in [5, 5.41) is 9.00. The average molecular weight is 395 g/mol. The highest BCUT2D eigenvalue weighted by Gasteiger charge is 2.32. The molecule has 0 bridgehead atoms. The van der Waals surface area contributed by atoms with Gasteiger partial charge in [0.15, 0.2) is 0 Å². The number of rotatable bonds is 4. The maximum Gasteiger partial charge on any atom is 0.246 e. The summed E-state index contributed by atoms with van der Waals surface area (Å²) in [5.74, 6) is -0.829. The number of piperazine rings is 1. The number of sulfonamides is 1. The maximum atomic E-state index is 14.0. The second kappa shape index (κ2) is 7.72. The van der Waals surface area contributed by atoms with Gasteiger partial charge in [0.25, 0.3) is 0 Å². The molecule has 0 amide bonds. The van der Waals surface area contributed by atoms with Crippen LogP contribution in [0.2, 0.25) is 5.02 Å². The second-order valence-electron chi connectivity index (χ2n) is 6.21. The van der Waals surface area contributed by atoms with Crippen molar-refractivity contribution in [3.05, 3.63) is 64.4 Å². The van der Waals surface area contributed by atoms with Crippen LogP contribution in [0.15, 0.2) is 47.4 Å². The predicted molar refractivity (Wildman–Crippen MR) is 95.7 cm³/mol. The standard InChI is InChI=1S/C18H17ClFN3O2S/c19-16-5-6-18(17(20)11-16)26(24,25)23-9-7-22(8-10-23)13-15-3-1-14(12-21)2-4-15/h1-6,11H,7-10,13H2/p+1. The second-order valence-corrected chi connectivity index (χ2v) is 8.56. The molecule has 1 aliphatic rings. The molecule has 1 aliphatic heterocycles. The van der Waals surface area contributed by atoms with Gasteiger partial charge in [0.2, 0.25) is 10.0 Å². The lowest BCUT2D eigenvalue weighted by Crippen LogP contribution is -3.13. The van der Waals surface area contributed by atoms with E-state index >= 15 is 0 Å². The quantitative estimate of drug-likeness (QED) is 0.853. The van der Waals surface area contributed by atoms with Crippen molar-refractivity contribution in [1.29, 1.82) is 5.26 Å². The van der Waals surface area contributed by atoms with Crippen LogP contribution in [0, 0.1) is 17.1 Å². The summed E-state index contributed by atoms with van der Waals surface area (Å²) >= 11 is 5.70. The van der Waals surface area contributed by atoms with E-state index in [2.05, 4.69) is 6.07 Å². The molecule has 0 aliphatic carbocycles. The Hall–Kier alpha value is -1.98. The van der Waals surface area contributed by atoms with Crippen LogP contribution in [-0.2, 0) is 16.6 Å². The van der Waals surface area contributed by atoms with E-state index in [1.54, 1.807) is 12.1 Å². The smallest absolute Gasteiger partial charge is 0.246 e. The van der Waals surface area contributed by atoms with Crippen molar-refractivity contribution in [2.75, 3.05) is 26.2 Å². The first-order chi connectivity index (χ1) is 12.4. The molecule has 8 heteroatoms. The fourth-order valence-electron chi connectivity index (χ4n) is 3.03. The molecule has 136 valence electrons. The molecule has 0 unspecified atom stereocenters. The van der Waals surface area contributed by atoms with Crippen LogP contribution in [0.1, 0.15) is 11.1 Å². The largest absolute Gasteiger partial charge is 0.329 e. The van der Waals surface area contributed by atoms with Crippen LogP contribution >= 0.6 is 11.6 Å². The molecule has 3 rings (SSSR count). The monoisotopic (exact) mass is 394 g/mol. The van der Waals surface area contributed by atoms with E-state index in [0.717, 1.165) is 18.2 Å². The van der Waals surface area contributed by atoms with Crippen molar-refractivity contribution in [2.24, 2.45) is 0 Å². The molecule has 2 aromatic rings. The van der Waals surface area contributed by atoms with Gasteiger partial charge in [-0.25, -0.2) is 12.8 Å². The van der Waals surface area contributed by atoms with Crippen molar-refractivity contribution >= 4 is 21.6 Å². The Morgan fingerprint density at radius 3 is 2.38 bits per heavy atom. The Kier molecular flexibility index (Phi) is 5.58. The number of hydrogen-bond donors (Lipinski definition) is 1. The van der Waals surface area contributed by atoms with E-state index in [-0.39, 0.29) is 9.92 Å². The summed E-state index contributed by atoms with van der Waals surface area (Å²) in [7, 11) is -3.86. The summed E-state index contributed by atoms with van der Waals surface area (Å²) in [6.45, 7) is 2.68. The highest BCUT2D eigenvalue weighted by molar-refractivity contribution is 7.89. The molecule has 5 nitrogen and oxygen atoms in total. The third-order valence-corrected chi connectivity index (χ3v) is 6.65. The van der Waals surface area contributed by atoms with Crippen LogP contribution in [0.5, 0.6) is 0 Å². The third-order valence-electron chi connectivity index (χ3n) is 4.48. The van der Waals surface area contributed by atoms with E-state index < -0.39 is 15.8 Å². The van der Waals surface area contributed by atoms with Crippen molar-refractivity contribution in [2.45, 2.75) is 11.4 Å². The van der Waals surface area contributed by atoms with Gasteiger partial charge in [0.1, 0.15) is 17.3 Å². The van der Waals surface area contributed by atoms with Gasteiger partial charge in [-0.3, -0.25) is 0 Å². The van der Waals surface area contributed by atoms with Gasteiger partial charge in [-0.1, -0.05) is 23.7 Å². The number of nitrogens with one attached hydrogen (secondary N) is 1. The van der Waals surface area contributed by atoms with Gasteiger partial charge in [0.05, 0.1) is 37.8 Å². The molecule has 1 saturated heterocycles. The first-order valence-electron chi connectivity index (χ1n) is 8.18. The Balaban J connectivity index is 1.64. The molecule has 1 N–H and O–H groups in total. The van der Waals surface area contributed by atoms with Gasteiger partial charge in [-0.2, -0.15) is 9.57 Å². The summed E-state index contributed by atoms with van der Waals surface area (Å²) in [4.78, 5) is 0.912. The van der Waals surface area contributed by atoms with Gasteiger partial charge >= 0.3 is 0 Å². The van der Waals surface area contributed by atoms with Crippen LogP contribution in [-0.4, -0.2) is 38.9 Å². The summed E-state index contributed by atoms with van der Waals surface area (Å²) in [6, 6.07) is 13.1. The van der Waals surface area contributed by atoms with Crippen LogP contribution < -0.4 is 4.90 Å². The first kappa shape index (κ1) is 18.8. The molecular formula is C18H18ClFN3O2S+. The molecule has 0 aromatic heterocycles. The zero-order chi connectivity index (χ0) is 18.7. The van der Waals surface area contributed by atoms with Crippen molar-refractivity contribution in [3.63, 3.8) is 0 Å². The van der Waals surface area contributed by atoms with E-state index in [9.17, 15) is 12.8 Å². The predicted octanol–water partition coefficient (Wildman–Crippen LogP) is 1.44. The lowest BCUT2D eigenvalue weighted by atomic mass is 10.1. The van der Waals surface area contributed by atoms with E-state index in [1.807, 2.05) is 12.1 Å². The van der Waals surface area contributed by atoms with E-state index in [4.69, 9.17) is 16.9 Å². The number of benzene rings is 2. The Morgan fingerprint density at radius 2 is 1.81 bits per heavy atom. The molecule has 1 heterocycles. The minimum Gasteiger partial charge on any atom is -0.329 e. The number of hydrogen-bond acceptors (Lipinski definition) is 3. The zero-order valence-electron chi connectivity index (χ0n) is 14.0. The third kappa shape index (κ3) is 4.05. The SMILES string of the molecule is N#Cc1ccc(C[NH+]2CCN(S(=O)(=O)c3ccc(Cl)cc3F)CC2)cc1. The fraction of sp³-hybridized carbons (Fsp3) is 0.278.